The average Bonchev–Trinajstić information content (AvgIpc) is 2.96. The number of aromatic nitrogens is 1. The normalized spacial score (nSPS) is 13.9. The predicted octanol–water partition coefficient (Wildman–Crippen LogP) is 3.11. The molecule has 94 valence electrons. The van der Waals surface area contributed by atoms with Gasteiger partial charge in [-0.3, -0.25) is 0 Å². The van der Waals surface area contributed by atoms with Crippen molar-refractivity contribution in [2.45, 2.75) is 32.6 Å². The van der Waals surface area contributed by atoms with Crippen LogP contribution in [0.5, 0.6) is 0 Å². The number of aryl methyl sites for hydroxylation is 3. The lowest BCUT2D eigenvalue weighted by Gasteiger charge is -2.01. The van der Waals surface area contributed by atoms with Crippen LogP contribution in [0, 0.1) is 6.92 Å². The van der Waals surface area contributed by atoms with E-state index in [1.807, 2.05) is 0 Å². The van der Waals surface area contributed by atoms with Gasteiger partial charge in [-0.2, -0.15) is 0 Å². The van der Waals surface area contributed by atoms with Crippen LogP contribution in [0.25, 0.3) is 10.6 Å². The quantitative estimate of drug-likeness (QED) is 0.918. The zero-order valence-corrected chi connectivity index (χ0v) is 11.5. The molecule has 2 nitrogen and oxygen atoms in total. The molecule has 0 fully saturated rings. The number of rotatable bonds is 3. The van der Waals surface area contributed by atoms with Crippen LogP contribution in [0.3, 0.4) is 0 Å². The van der Waals surface area contributed by atoms with Gasteiger partial charge < -0.3 is 5.73 Å². The Balaban J connectivity index is 1.97. The minimum atomic E-state index is 0.701. The Bertz CT molecular complexity index is 572. The van der Waals surface area contributed by atoms with Crippen LogP contribution in [0.4, 0.5) is 0 Å². The first kappa shape index (κ1) is 11.9. The molecule has 1 aromatic heterocycles. The molecule has 1 aromatic carbocycles. The minimum absolute atomic E-state index is 0.701. The van der Waals surface area contributed by atoms with E-state index in [1.54, 1.807) is 11.3 Å². The molecule has 0 unspecified atom stereocenters. The highest BCUT2D eigenvalue weighted by molar-refractivity contribution is 7.15. The summed E-state index contributed by atoms with van der Waals surface area (Å²) in [6, 6.07) is 6.82. The lowest BCUT2D eigenvalue weighted by Crippen LogP contribution is -2.01. The summed E-state index contributed by atoms with van der Waals surface area (Å²) in [5.74, 6) is 0. The molecule has 3 heteroatoms. The second kappa shape index (κ2) is 4.82. The van der Waals surface area contributed by atoms with E-state index >= 15 is 0 Å². The standard InChI is InChI=1S/C15H18N2S/c1-10-14(7-8-16)18-15(17-10)13-6-5-11-3-2-4-12(11)9-13/h5-6,9H,2-4,7-8,16H2,1H3. The van der Waals surface area contributed by atoms with Gasteiger partial charge >= 0.3 is 0 Å². The second-order valence-corrected chi connectivity index (χ2v) is 5.99. The van der Waals surface area contributed by atoms with Crippen molar-refractivity contribution in [2.24, 2.45) is 5.73 Å². The number of fused-ring (bicyclic) bond motifs is 1. The van der Waals surface area contributed by atoms with Crippen LogP contribution in [0.15, 0.2) is 18.2 Å². The Morgan fingerprint density at radius 3 is 2.94 bits per heavy atom. The van der Waals surface area contributed by atoms with Gasteiger partial charge in [0.15, 0.2) is 0 Å². The summed E-state index contributed by atoms with van der Waals surface area (Å²) in [5, 5.41) is 1.14. The Kier molecular flexibility index (Phi) is 3.18. The van der Waals surface area contributed by atoms with Gasteiger partial charge in [0.1, 0.15) is 5.01 Å². The second-order valence-electron chi connectivity index (χ2n) is 4.90. The first-order valence-electron chi connectivity index (χ1n) is 6.56. The van der Waals surface area contributed by atoms with Gasteiger partial charge in [-0.05, 0) is 56.3 Å². The zero-order valence-electron chi connectivity index (χ0n) is 10.7. The zero-order chi connectivity index (χ0) is 12.5. The monoisotopic (exact) mass is 258 g/mol. The first-order chi connectivity index (χ1) is 8.78. The maximum atomic E-state index is 5.63. The molecule has 0 saturated carbocycles. The number of nitrogens with zero attached hydrogens (tertiary/aromatic N) is 1. The third kappa shape index (κ3) is 2.08. The van der Waals surface area contributed by atoms with E-state index < -0.39 is 0 Å². The Hall–Kier alpha value is -1.19. The van der Waals surface area contributed by atoms with E-state index in [0.717, 1.165) is 17.1 Å². The molecule has 2 aromatic rings. The van der Waals surface area contributed by atoms with Crippen molar-refractivity contribution in [1.82, 2.24) is 4.98 Å². The van der Waals surface area contributed by atoms with Gasteiger partial charge in [0, 0.05) is 10.4 Å². The lowest BCUT2D eigenvalue weighted by atomic mass is 10.1. The number of benzene rings is 1. The molecule has 0 amide bonds. The van der Waals surface area contributed by atoms with Gasteiger partial charge in [-0.15, -0.1) is 11.3 Å². The molecule has 3 rings (SSSR count). The molecule has 1 heterocycles. The molecule has 0 saturated heterocycles. The first-order valence-corrected chi connectivity index (χ1v) is 7.38. The average molecular weight is 258 g/mol. The van der Waals surface area contributed by atoms with E-state index in [2.05, 4.69) is 30.1 Å². The molecular formula is C15H18N2S. The molecule has 0 atom stereocenters. The van der Waals surface area contributed by atoms with E-state index in [4.69, 9.17) is 5.73 Å². The summed E-state index contributed by atoms with van der Waals surface area (Å²) >= 11 is 1.79. The predicted molar refractivity (Wildman–Crippen MR) is 77.1 cm³/mol. The van der Waals surface area contributed by atoms with E-state index in [0.29, 0.717) is 6.54 Å². The number of thiazole rings is 1. The maximum absolute atomic E-state index is 5.63. The Morgan fingerprint density at radius 2 is 2.11 bits per heavy atom. The van der Waals surface area contributed by atoms with Crippen molar-refractivity contribution in [3.05, 3.63) is 39.9 Å². The Morgan fingerprint density at radius 1 is 1.28 bits per heavy atom. The van der Waals surface area contributed by atoms with Crippen LogP contribution < -0.4 is 5.73 Å². The van der Waals surface area contributed by atoms with Crippen molar-refractivity contribution >= 4 is 11.3 Å². The number of nitrogens with two attached hydrogens (primary N) is 1. The molecule has 0 radical (unpaired) electrons. The molecule has 1 aliphatic carbocycles. The fourth-order valence-corrected chi connectivity index (χ4v) is 3.69. The lowest BCUT2D eigenvalue weighted by molar-refractivity contribution is 0.912. The minimum Gasteiger partial charge on any atom is -0.330 e. The third-order valence-corrected chi connectivity index (χ3v) is 4.88. The third-order valence-electron chi connectivity index (χ3n) is 3.61. The van der Waals surface area contributed by atoms with Crippen LogP contribution in [-0.2, 0) is 19.3 Å². The van der Waals surface area contributed by atoms with Crippen LogP contribution in [-0.4, -0.2) is 11.5 Å². The van der Waals surface area contributed by atoms with Gasteiger partial charge in [0.2, 0.25) is 0 Å². The summed E-state index contributed by atoms with van der Waals surface area (Å²) < 4.78 is 0. The highest BCUT2D eigenvalue weighted by Crippen LogP contribution is 2.31. The number of hydrogen-bond donors (Lipinski definition) is 1. The molecule has 2 N–H and O–H groups in total. The maximum Gasteiger partial charge on any atom is 0.123 e. The molecule has 18 heavy (non-hydrogen) atoms. The number of hydrogen-bond acceptors (Lipinski definition) is 3. The largest absolute Gasteiger partial charge is 0.330 e. The van der Waals surface area contributed by atoms with Crippen molar-refractivity contribution in [3.8, 4) is 10.6 Å². The molecule has 0 aliphatic heterocycles. The SMILES string of the molecule is Cc1nc(-c2ccc3c(c2)CCC3)sc1CCN. The van der Waals surface area contributed by atoms with Gasteiger partial charge in [-0.25, -0.2) is 4.98 Å². The highest BCUT2D eigenvalue weighted by Gasteiger charge is 2.14. The van der Waals surface area contributed by atoms with Crippen LogP contribution in [0.2, 0.25) is 0 Å². The van der Waals surface area contributed by atoms with Crippen LogP contribution >= 0.6 is 11.3 Å². The highest BCUT2D eigenvalue weighted by atomic mass is 32.1. The smallest absolute Gasteiger partial charge is 0.123 e. The summed E-state index contributed by atoms with van der Waals surface area (Å²) in [5.41, 5.74) is 11.1. The summed E-state index contributed by atoms with van der Waals surface area (Å²) in [6.07, 6.45) is 4.71. The van der Waals surface area contributed by atoms with Gasteiger partial charge in [-0.1, -0.05) is 12.1 Å². The molecule has 0 bridgehead atoms. The van der Waals surface area contributed by atoms with Crippen LogP contribution in [0.1, 0.15) is 28.1 Å². The van der Waals surface area contributed by atoms with E-state index in [9.17, 15) is 0 Å². The summed E-state index contributed by atoms with van der Waals surface area (Å²) in [4.78, 5) is 6.01. The van der Waals surface area contributed by atoms with E-state index in [1.165, 1.54) is 40.8 Å². The topological polar surface area (TPSA) is 38.9 Å². The van der Waals surface area contributed by atoms with Crippen molar-refractivity contribution in [3.63, 3.8) is 0 Å². The molecule has 0 spiro atoms. The Labute approximate surface area is 112 Å². The molecule has 1 aliphatic rings. The van der Waals surface area contributed by atoms with Crippen molar-refractivity contribution < 1.29 is 0 Å². The van der Waals surface area contributed by atoms with Crippen molar-refractivity contribution in [2.75, 3.05) is 6.54 Å². The molecular weight excluding hydrogens is 240 g/mol. The van der Waals surface area contributed by atoms with Gasteiger partial charge in [0.25, 0.3) is 0 Å². The van der Waals surface area contributed by atoms with Gasteiger partial charge in [0.05, 0.1) is 5.69 Å². The fraction of sp³-hybridized carbons (Fsp3) is 0.400. The summed E-state index contributed by atoms with van der Waals surface area (Å²) in [7, 11) is 0. The summed E-state index contributed by atoms with van der Waals surface area (Å²) in [6.45, 7) is 2.78. The van der Waals surface area contributed by atoms with Crippen molar-refractivity contribution in [1.29, 1.82) is 0 Å². The van der Waals surface area contributed by atoms with E-state index in [-0.39, 0.29) is 0 Å². The fourth-order valence-electron chi connectivity index (χ4n) is 2.62.